The number of amides is 1. The third kappa shape index (κ3) is 4.86. The number of hydrogen-bond donors (Lipinski definition) is 1. The highest BCUT2D eigenvalue weighted by atomic mass is 79.9. The molecule has 1 amide bonds. The summed E-state index contributed by atoms with van der Waals surface area (Å²) in [5, 5.41) is 8.49. The number of carbonyl (C=O) groups excluding carboxylic acids is 1. The minimum atomic E-state index is -0.275. The Morgan fingerprint density at radius 3 is 2.61 bits per heavy atom. The molecule has 0 aliphatic rings. The van der Waals surface area contributed by atoms with Crippen LogP contribution >= 0.6 is 15.9 Å². The number of nitrogens with one attached hydrogen (secondary N) is 1. The van der Waals surface area contributed by atoms with Crippen LogP contribution in [0.25, 0.3) is 0 Å². The van der Waals surface area contributed by atoms with Crippen molar-refractivity contribution in [3.8, 4) is 5.75 Å². The van der Waals surface area contributed by atoms with Gasteiger partial charge in [0.05, 0.1) is 25.6 Å². The maximum atomic E-state index is 12.3. The van der Waals surface area contributed by atoms with Crippen LogP contribution in [-0.2, 0) is 6.54 Å². The minimum absolute atomic E-state index is 0.275. The van der Waals surface area contributed by atoms with Crippen molar-refractivity contribution in [2.75, 3.05) is 7.11 Å². The van der Waals surface area contributed by atoms with E-state index in [0.29, 0.717) is 17.9 Å². The lowest BCUT2D eigenvalue weighted by Crippen LogP contribution is -2.17. The summed E-state index contributed by atoms with van der Waals surface area (Å²) in [6, 6.07) is 15.0. The first-order chi connectivity index (χ1) is 13.5. The van der Waals surface area contributed by atoms with E-state index >= 15 is 0 Å². The van der Waals surface area contributed by atoms with Crippen LogP contribution in [0.15, 0.2) is 58.1 Å². The molecule has 7 heteroatoms. The van der Waals surface area contributed by atoms with E-state index in [1.54, 1.807) is 25.5 Å². The first-order valence-electron chi connectivity index (χ1n) is 8.73. The Bertz CT molecular complexity index is 1010. The molecule has 1 heterocycles. The molecule has 144 valence electrons. The molecule has 0 saturated carbocycles. The molecular weight excluding hydrogens is 420 g/mol. The van der Waals surface area contributed by atoms with Gasteiger partial charge >= 0.3 is 0 Å². The number of halogens is 1. The highest BCUT2D eigenvalue weighted by molar-refractivity contribution is 9.10. The van der Waals surface area contributed by atoms with E-state index < -0.39 is 0 Å². The molecule has 0 aliphatic carbocycles. The Morgan fingerprint density at radius 2 is 1.96 bits per heavy atom. The molecule has 1 N–H and O–H groups in total. The van der Waals surface area contributed by atoms with Gasteiger partial charge in [-0.2, -0.15) is 10.2 Å². The number of methoxy groups -OCH3 is 1. The molecule has 3 aromatic rings. The quantitative estimate of drug-likeness (QED) is 0.463. The van der Waals surface area contributed by atoms with Crippen LogP contribution in [0, 0.1) is 13.8 Å². The Labute approximate surface area is 172 Å². The number of aromatic nitrogens is 2. The minimum Gasteiger partial charge on any atom is -0.496 e. The van der Waals surface area contributed by atoms with Gasteiger partial charge in [0.1, 0.15) is 5.75 Å². The standard InChI is InChI=1S/C21H21BrN4O2/c1-14-10-15(2)26(25-14)13-16-4-6-17(7-5-16)21(27)24-23-12-18-11-19(22)8-9-20(18)28-3/h4-12H,13H2,1-3H3,(H,24,27). The Balaban J connectivity index is 1.63. The fourth-order valence-corrected chi connectivity index (χ4v) is 3.18. The molecule has 0 bridgehead atoms. The van der Waals surface area contributed by atoms with Gasteiger partial charge in [0.25, 0.3) is 5.91 Å². The molecule has 28 heavy (non-hydrogen) atoms. The lowest BCUT2D eigenvalue weighted by molar-refractivity contribution is 0.0955. The summed E-state index contributed by atoms with van der Waals surface area (Å²) in [6.07, 6.45) is 1.55. The molecule has 0 unspecified atom stereocenters. The monoisotopic (exact) mass is 440 g/mol. The average Bonchev–Trinajstić information content (AvgIpc) is 2.99. The van der Waals surface area contributed by atoms with Crippen LogP contribution in [0.3, 0.4) is 0 Å². The third-order valence-electron chi connectivity index (χ3n) is 4.21. The first kappa shape index (κ1) is 19.8. The van der Waals surface area contributed by atoms with Gasteiger partial charge in [-0.05, 0) is 55.8 Å². The maximum Gasteiger partial charge on any atom is 0.271 e. The van der Waals surface area contributed by atoms with Gasteiger partial charge in [-0.15, -0.1) is 0 Å². The number of carbonyl (C=O) groups is 1. The van der Waals surface area contributed by atoms with E-state index in [9.17, 15) is 4.79 Å². The van der Waals surface area contributed by atoms with Crippen molar-refractivity contribution in [1.29, 1.82) is 0 Å². The fourth-order valence-electron chi connectivity index (χ4n) is 2.80. The van der Waals surface area contributed by atoms with Gasteiger partial charge in [0.2, 0.25) is 0 Å². The predicted octanol–water partition coefficient (Wildman–Crippen LogP) is 4.08. The predicted molar refractivity (Wildman–Crippen MR) is 113 cm³/mol. The molecule has 0 aliphatic heterocycles. The highest BCUT2D eigenvalue weighted by Crippen LogP contribution is 2.21. The largest absolute Gasteiger partial charge is 0.496 e. The second kappa shape index (κ2) is 8.84. The van der Waals surface area contributed by atoms with Crippen LogP contribution in [0.4, 0.5) is 0 Å². The van der Waals surface area contributed by atoms with Crippen molar-refractivity contribution in [3.05, 3.63) is 81.1 Å². The highest BCUT2D eigenvalue weighted by Gasteiger charge is 2.07. The van der Waals surface area contributed by atoms with E-state index in [4.69, 9.17) is 4.74 Å². The Hall–Kier alpha value is -2.93. The van der Waals surface area contributed by atoms with Gasteiger partial charge in [-0.1, -0.05) is 28.1 Å². The van der Waals surface area contributed by atoms with Crippen LogP contribution < -0.4 is 10.2 Å². The summed E-state index contributed by atoms with van der Waals surface area (Å²) in [4.78, 5) is 12.3. The third-order valence-corrected chi connectivity index (χ3v) is 4.71. The van der Waals surface area contributed by atoms with Crippen LogP contribution in [0.2, 0.25) is 0 Å². The molecule has 6 nitrogen and oxygen atoms in total. The van der Waals surface area contributed by atoms with E-state index in [1.807, 2.05) is 54.9 Å². The molecule has 3 rings (SSSR count). The van der Waals surface area contributed by atoms with E-state index in [-0.39, 0.29) is 5.91 Å². The van der Waals surface area contributed by atoms with E-state index in [2.05, 4.69) is 31.6 Å². The van der Waals surface area contributed by atoms with Gasteiger partial charge < -0.3 is 4.74 Å². The SMILES string of the molecule is COc1ccc(Br)cc1C=NNC(=O)c1ccc(Cn2nc(C)cc2C)cc1. The number of rotatable bonds is 6. The number of ether oxygens (including phenoxy) is 1. The first-order valence-corrected chi connectivity index (χ1v) is 9.52. The lowest BCUT2D eigenvalue weighted by Gasteiger charge is -2.06. The number of hydrazone groups is 1. The molecule has 0 radical (unpaired) electrons. The topological polar surface area (TPSA) is 68.5 Å². The normalized spacial score (nSPS) is 11.0. The van der Waals surface area contributed by atoms with Crippen molar-refractivity contribution < 1.29 is 9.53 Å². The van der Waals surface area contributed by atoms with Crippen molar-refractivity contribution in [1.82, 2.24) is 15.2 Å². The molecule has 0 spiro atoms. The zero-order chi connectivity index (χ0) is 20.1. The summed E-state index contributed by atoms with van der Waals surface area (Å²) in [5.74, 6) is 0.401. The van der Waals surface area contributed by atoms with Gasteiger partial charge in [-0.25, -0.2) is 5.43 Å². The summed E-state index contributed by atoms with van der Waals surface area (Å²) in [5.41, 5.74) is 7.02. The Morgan fingerprint density at radius 1 is 1.21 bits per heavy atom. The van der Waals surface area contributed by atoms with Crippen molar-refractivity contribution in [2.45, 2.75) is 20.4 Å². The van der Waals surface area contributed by atoms with Crippen molar-refractivity contribution >= 4 is 28.1 Å². The molecule has 1 aromatic heterocycles. The number of aryl methyl sites for hydroxylation is 2. The van der Waals surface area contributed by atoms with Crippen molar-refractivity contribution in [2.24, 2.45) is 5.10 Å². The zero-order valence-electron chi connectivity index (χ0n) is 15.9. The zero-order valence-corrected chi connectivity index (χ0v) is 17.5. The summed E-state index contributed by atoms with van der Waals surface area (Å²) >= 11 is 3.41. The number of benzene rings is 2. The molecule has 0 fully saturated rings. The number of hydrogen-bond acceptors (Lipinski definition) is 4. The second-order valence-electron chi connectivity index (χ2n) is 6.37. The fraction of sp³-hybridized carbons (Fsp3) is 0.190. The van der Waals surface area contributed by atoms with Crippen LogP contribution in [0.1, 0.15) is 32.9 Å². The van der Waals surface area contributed by atoms with E-state index in [1.165, 1.54) is 0 Å². The summed E-state index contributed by atoms with van der Waals surface area (Å²) in [6.45, 7) is 4.67. The second-order valence-corrected chi connectivity index (χ2v) is 7.28. The van der Waals surface area contributed by atoms with Crippen LogP contribution in [-0.4, -0.2) is 29.0 Å². The Kier molecular flexibility index (Phi) is 6.26. The molecule has 0 saturated heterocycles. The van der Waals surface area contributed by atoms with Crippen molar-refractivity contribution in [3.63, 3.8) is 0 Å². The van der Waals surface area contributed by atoms with Crippen LogP contribution in [0.5, 0.6) is 5.75 Å². The number of nitrogens with zero attached hydrogens (tertiary/aromatic N) is 3. The summed E-state index contributed by atoms with van der Waals surface area (Å²) in [7, 11) is 1.59. The molecule has 0 atom stereocenters. The summed E-state index contributed by atoms with van der Waals surface area (Å²) < 4.78 is 8.13. The smallest absolute Gasteiger partial charge is 0.271 e. The molecular formula is C21H21BrN4O2. The average molecular weight is 441 g/mol. The van der Waals surface area contributed by atoms with Gasteiger partial charge in [0.15, 0.2) is 0 Å². The van der Waals surface area contributed by atoms with E-state index in [0.717, 1.165) is 27.0 Å². The maximum absolute atomic E-state index is 12.3. The van der Waals surface area contributed by atoms with Gasteiger partial charge in [0, 0.05) is 21.3 Å². The van der Waals surface area contributed by atoms with Gasteiger partial charge in [-0.3, -0.25) is 9.48 Å². The molecule has 2 aromatic carbocycles. The lowest BCUT2D eigenvalue weighted by atomic mass is 10.1.